The lowest BCUT2D eigenvalue weighted by Crippen LogP contribution is -2.59. The van der Waals surface area contributed by atoms with Crippen molar-refractivity contribution < 1.29 is 12.3 Å². The minimum absolute atomic E-state index is 1.68. The molecule has 0 heterocycles. The standard InChI is InChI=1S/C18H30O3Si4/c1-11-22(9,12-2)19-24(15-5,16-6)21-25(17-7,18-8)20-23(10,13-3)14-4/h11-18H,1-8H2,9-10H3. The maximum atomic E-state index is 6.46. The van der Waals surface area contributed by atoms with Gasteiger partial charge in [0.2, 0.25) is 16.6 Å². The molecule has 0 aliphatic heterocycles. The van der Waals surface area contributed by atoms with Gasteiger partial charge in [-0.3, -0.25) is 0 Å². The first-order valence-corrected chi connectivity index (χ1v) is 16.9. The van der Waals surface area contributed by atoms with Gasteiger partial charge in [0.25, 0.3) is 0 Å². The molecule has 0 amide bonds. The predicted molar refractivity (Wildman–Crippen MR) is 120 cm³/mol. The summed E-state index contributed by atoms with van der Waals surface area (Å²) >= 11 is 0. The molecule has 0 fully saturated rings. The molecule has 0 rings (SSSR count). The molecule has 0 atom stereocenters. The third-order valence-electron chi connectivity index (χ3n) is 3.84. The maximum absolute atomic E-state index is 6.46. The molecule has 0 aliphatic rings. The van der Waals surface area contributed by atoms with Gasteiger partial charge >= 0.3 is 17.1 Å². The van der Waals surface area contributed by atoms with E-state index in [-0.39, 0.29) is 0 Å². The van der Waals surface area contributed by atoms with Crippen molar-refractivity contribution in [2.24, 2.45) is 0 Å². The summed E-state index contributed by atoms with van der Waals surface area (Å²) in [6, 6.07) is 0. The number of hydrogen-bond donors (Lipinski definition) is 0. The summed E-state index contributed by atoms with van der Waals surface area (Å²) in [6.07, 6.45) is 0. The van der Waals surface area contributed by atoms with Crippen LogP contribution in [0.25, 0.3) is 0 Å². The molecule has 0 aliphatic carbocycles. The van der Waals surface area contributed by atoms with E-state index in [1.54, 1.807) is 45.6 Å². The summed E-state index contributed by atoms with van der Waals surface area (Å²) < 4.78 is 19.2. The highest BCUT2D eigenvalue weighted by atomic mass is 28.5. The van der Waals surface area contributed by atoms with E-state index in [2.05, 4.69) is 52.6 Å². The van der Waals surface area contributed by atoms with E-state index < -0.39 is 33.8 Å². The molecule has 0 bridgehead atoms. The van der Waals surface area contributed by atoms with Crippen LogP contribution in [0.1, 0.15) is 0 Å². The molecule has 136 valence electrons. The van der Waals surface area contributed by atoms with Crippen molar-refractivity contribution in [1.82, 2.24) is 0 Å². The van der Waals surface area contributed by atoms with Crippen LogP contribution in [0, 0.1) is 0 Å². The van der Waals surface area contributed by atoms with Gasteiger partial charge in [0.15, 0.2) is 0 Å². The first kappa shape index (κ1) is 23.7. The lowest BCUT2D eigenvalue weighted by molar-refractivity contribution is 0.355. The van der Waals surface area contributed by atoms with Crippen LogP contribution < -0.4 is 0 Å². The van der Waals surface area contributed by atoms with Crippen molar-refractivity contribution in [1.29, 1.82) is 0 Å². The SMILES string of the molecule is C=C[Si](C)(C=C)O[Si](C=C)(C=C)O[Si](C=C)(C=C)O[Si](C)(C=C)C=C. The van der Waals surface area contributed by atoms with Crippen molar-refractivity contribution >= 4 is 33.8 Å². The van der Waals surface area contributed by atoms with E-state index in [4.69, 9.17) is 12.3 Å². The summed E-state index contributed by atoms with van der Waals surface area (Å²) in [5, 5.41) is 0. The molecule has 0 spiro atoms. The van der Waals surface area contributed by atoms with Gasteiger partial charge in [-0.15, -0.1) is 52.6 Å². The Morgan fingerprint density at radius 1 is 0.440 bits per heavy atom. The molecule has 0 saturated heterocycles. The number of hydrogen-bond acceptors (Lipinski definition) is 3. The van der Waals surface area contributed by atoms with E-state index >= 15 is 0 Å². The molecule has 0 unspecified atom stereocenters. The van der Waals surface area contributed by atoms with Crippen molar-refractivity contribution in [3.8, 4) is 0 Å². The van der Waals surface area contributed by atoms with Gasteiger partial charge in [0, 0.05) is 0 Å². The van der Waals surface area contributed by atoms with Crippen molar-refractivity contribution in [3.05, 3.63) is 98.2 Å². The Labute approximate surface area is 157 Å². The van der Waals surface area contributed by atoms with Gasteiger partial charge in [-0.05, 0) is 35.9 Å². The Bertz CT molecular complexity index is 501. The van der Waals surface area contributed by atoms with E-state index in [1.165, 1.54) is 0 Å². The molecular weight excluding hydrogens is 377 g/mol. The highest BCUT2D eigenvalue weighted by Gasteiger charge is 2.48. The molecule has 0 aromatic rings. The van der Waals surface area contributed by atoms with E-state index in [0.29, 0.717) is 0 Å². The average Bonchev–Trinajstić information content (AvgIpc) is 2.66. The second-order valence-electron chi connectivity index (χ2n) is 5.75. The highest BCUT2D eigenvalue weighted by Crippen LogP contribution is 2.28. The minimum atomic E-state index is -3.03. The van der Waals surface area contributed by atoms with Gasteiger partial charge in [-0.1, -0.05) is 22.8 Å². The summed E-state index contributed by atoms with van der Waals surface area (Å²) in [7, 11) is -10.8. The van der Waals surface area contributed by atoms with Crippen LogP contribution in [0.2, 0.25) is 13.1 Å². The molecule has 3 nitrogen and oxygen atoms in total. The quantitative estimate of drug-likeness (QED) is 0.385. The summed E-state index contributed by atoms with van der Waals surface area (Å²) in [6.45, 7) is 35.0. The van der Waals surface area contributed by atoms with Gasteiger partial charge in [0.1, 0.15) is 0 Å². The second kappa shape index (κ2) is 9.39. The Morgan fingerprint density at radius 2 is 0.680 bits per heavy atom. The van der Waals surface area contributed by atoms with Gasteiger partial charge in [0.05, 0.1) is 0 Å². The first-order chi connectivity index (χ1) is 11.6. The summed E-state index contributed by atoms with van der Waals surface area (Å²) in [5.74, 6) is 0. The Balaban J connectivity index is 6.05. The molecule has 7 heteroatoms. The highest BCUT2D eigenvalue weighted by molar-refractivity contribution is 7.00. The van der Waals surface area contributed by atoms with Crippen LogP contribution in [0.5, 0.6) is 0 Å². The lowest BCUT2D eigenvalue weighted by Gasteiger charge is -2.40. The van der Waals surface area contributed by atoms with Crippen LogP contribution >= 0.6 is 0 Å². The zero-order valence-electron chi connectivity index (χ0n) is 15.5. The van der Waals surface area contributed by atoms with Gasteiger partial charge in [-0.25, -0.2) is 0 Å². The number of rotatable bonds is 14. The van der Waals surface area contributed by atoms with Crippen molar-refractivity contribution in [2.75, 3.05) is 0 Å². The largest absolute Gasteiger partial charge is 0.423 e. The van der Waals surface area contributed by atoms with Crippen LogP contribution in [-0.4, -0.2) is 33.8 Å². The first-order valence-electron chi connectivity index (χ1n) is 7.80. The Morgan fingerprint density at radius 3 is 0.840 bits per heavy atom. The lowest BCUT2D eigenvalue weighted by atomic mass is 11.2. The minimum Gasteiger partial charge on any atom is -0.423 e. The fourth-order valence-electron chi connectivity index (χ4n) is 1.81. The second-order valence-corrected chi connectivity index (χ2v) is 19.1. The topological polar surface area (TPSA) is 27.7 Å². The smallest absolute Gasteiger partial charge is 0.372 e. The van der Waals surface area contributed by atoms with Crippen molar-refractivity contribution in [3.63, 3.8) is 0 Å². The van der Waals surface area contributed by atoms with Crippen LogP contribution in [0.4, 0.5) is 0 Å². The zero-order chi connectivity index (χ0) is 19.8. The zero-order valence-corrected chi connectivity index (χ0v) is 19.5. The van der Waals surface area contributed by atoms with E-state index in [1.807, 2.05) is 13.1 Å². The van der Waals surface area contributed by atoms with Gasteiger partial charge < -0.3 is 12.3 Å². The monoisotopic (exact) mass is 406 g/mol. The van der Waals surface area contributed by atoms with Gasteiger partial charge in [-0.2, -0.15) is 0 Å². The van der Waals surface area contributed by atoms with E-state index in [9.17, 15) is 0 Å². The maximum Gasteiger partial charge on any atom is 0.372 e. The van der Waals surface area contributed by atoms with Crippen LogP contribution in [-0.2, 0) is 12.3 Å². The molecule has 0 aromatic carbocycles. The molecule has 0 aromatic heterocycles. The fourth-order valence-corrected chi connectivity index (χ4v) is 15.1. The Hall–Kier alpha value is -1.33. The predicted octanol–water partition coefficient (Wildman–Crippen LogP) is 4.87. The molecule has 0 radical (unpaired) electrons. The summed E-state index contributed by atoms with van der Waals surface area (Å²) in [5.41, 5.74) is 13.9. The van der Waals surface area contributed by atoms with Crippen LogP contribution in [0.15, 0.2) is 98.2 Å². The summed E-state index contributed by atoms with van der Waals surface area (Å²) in [4.78, 5) is 0. The van der Waals surface area contributed by atoms with Crippen LogP contribution in [0.3, 0.4) is 0 Å². The van der Waals surface area contributed by atoms with E-state index in [0.717, 1.165) is 0 Å². The third-order valence-corrected chi connectivity index (χ3v) is 18.0. The molecule has 25 heavy (non-hydrogen) atoms. The Kier molecular flexibility index (Phi) is 8.89. The third kappa shape index (κ3) is 5.85. The average molecular weight is 407 g/mol. The normalized spacial score (nSPS) is 12.6. The fraction of sp³-hybridized carbons (Fsp3) is 0.111. The molecule has 0 saturated carbocycles. The molecular formula is C18H30O3Si4. The van der Waals surface area contributed by atoms with Crippen molar-refractivity contribution in [2.45, 2.75) is 13.1 Å². The molecule has 0 N–H and O–H groups in total.